The minimum Gasteiger partial charge on any atom is -0.478 e. The van der Waals surface area contributed by atoms with Crippen molar-refractivity contribution >= 4 is 16.7 Å². The molecule has 0 amide bonds. The van der Waals surface area contributed by atoms with E-state index in [9.17, 15) is 13.6 Å². The lowest BCUT2D eigenvalue weighted by Gasteiger charge is -2.10. The van der Waals surface area contributed by atoms with Crippen LogP contribution < -0.4 is 0 Å². The van der Waals surface area contributed by atoms with Crippen molar-refractivity contribution in [2.45, 2.75) is 0 Å². The van der Waals surface area contributed by atoms with E-state index in [0.717, 1.165) is 0 Å². The summed E-state index contributed by atoms with van der Waals surface area (Å²) < 4.78 is 28.2. The lowest BCUT2D eigenvalue weighted by atomic mass is 9.96. The molecule has 0 fully saturated rings. The van der Waals surface area contributed by atoms with E-state index in [2.05, 4.69) is 0 Å². The molecule has 0 spiro atoms. The maximum atomic E-state index is 14.4. The van der Waals surface area contributed by atoms with Gasteiger partial charge in [0.1, 0.15) is 11.6 Å². The number of carboxylic acid groups (broad SMARTS) is 1. The van der Waals surface area contributed by atoms with Gasteiger partial charge in [0.15, 0.2) is 0 Å². The van der Waals surface area contributed by atoms with E-state index in [-0.39, 0.29) is 5.56 Å². The average molecular weight is 284 g/mol. The zero-order valence-electron chi connectivity index (χ0n) is 10.8. The molecule has 3 aromatic rings. The molecule has 0 aromatic heterocycles. The van der Waals surface area contributed by atoms with E-state index in [4.69, 9.17) is 5.11 Å². The SMILES string of the molecule is O=C(O)c1cccc(-c2ccc(F)c3ccccc23)c1F. The maximum Gasteiger partial charge on any atom is 0.338 e. The second kappa shape index (κ2) is 4.98. The van der Waals surface area contributed by atoms with Gasteiger partial charge >= 0.3 is 5.97 Å². The summed E-state index contributed by atoms with van der Waals surface area (Å²) in [6, 6.07) is 13.6. The predicted molar refractivity (Wildman–Crippen MR) is 76.3 cm³/mol. The number of hydrogen-bond acceptors (Lipinski definition) is 1. The molecule has 3 rings (SSSR count). The highest BCUT2D eigenvalue weighted by molar-refractivity contribution is 5.98. The molecule has 0 aliphatic carbocycles. The minimum absolute atomic E-state index is 0.145. The molecular weight excluding hydrogens is 274 g/mol. The summed E-state index contributed by atoms with van der Waals surface area (Å²) in [5.74, 6) is -2.55. The van der Waals surface area contributed by atoms with Crippen LogP contribution in [-0.2, 0) is 0 Å². The summed E-state index contributed by atoms with van der Waals surface area (Å²) in [7, 11) is 0. The van der Waals surface area contributed by atoms with Crippen LogP contribution in [0.4, 0.5) is 8.78 Å². The zero-order valence-corrected chi connectivity index (χ0v) is 10.8. The van der Waals surface area contributed by atoms with Gasteiger partial charge in [-0.1, -0.05) is 42.5 Å². The normalized spacial score (nSPS) is 10.8. The molecule has 0 atom stereocenters. The molecule has 104 valence electrons. The van der Waals surface area contributed by atoms with E-state index in [1.807, 2.05) is 0 Å². The fourth-order valence-corrected chi connectivity index (χ4v) is 2.40. The van der Waals surface area contributed by atoms with Gasteiger partial charge in [-0.25, -0.2) is 13.6 Å². The molecule has 0 radical (unpaired) electrons. The van der Waals surface area contributed by atoms with E-state index in [1.165, 1.54) is 30.3 Å². The molecular formula is C17H10F2O2. The minimum atomic E-state index is -1.33. The number of benzene rings is 3. The molecule has 0 bridgehead atoms. The number of halogens is 2. The summed E-state index contributed by atoms with van der Waals surface area (Å²) in [5, 5.41) is 9.91. The highest BCUT2D eigenvalue weighted by atomic mass is 19.1. The molecule has 0 saturated carbocycles. The van der Waals surface area contributed by atoms with Gasteiger partial charge in [0.2, 0.25) is 0 Å². The Bertz CT molecular complexity index is 857. The first-order valence-electron chi connectivity index (χ1n) is 6.29. The molecule has 3 aromatic carbocycles. The standard InChI is InChI=1S/C17H10F2O2/c18-15-9-8-11(10-4-1-2-5-12(10)15)13-6-3-7-14(16(13)19)17(20)21/h1-9H,(H,20,21). The molecule has 4 heteroatoms. The maximum absolute atomic E-state index is 14.4. The third-order valence-corrected chi connectivity index (χ3v) is 3.39. The number of hydrogen-bond donors (Lipinski definition) is 1. The number of fused-ring (bicyclic) bond motifs is 1. The molecule has 0 saturated heterocycles. The van der Waals surface area contributed by atoms with Crippen molar-refractivity contribution in [1.29, 1.82) is 0 Å². The van der Waals surface area contributed by atoms with Gasteiger partial charge in [-0.05, 0) is 23.1 Å². The van der Waals surface area contributed by atoms with Crippen LogP contribution in [-0.4, -0.2) is 11.1 Å². The first-order chi connectivity index (χ1) is 10.1. The van der Waals surface area contributed by atoms with Crippen molar-refractivity contribution in [3.8, 4) is 11.1 Å². The molecule has 1 N–H and O–H groups in total. The van der Waals surface area contributed by atoms with Crippen LogP contribution in [0.5, 0.6) is 0 Å². The van der Waals surface area contributed by atoms with Crippen molar-refractivity contribution < 1.29 is 18.7 Å². The molecule has 0 unspecified atom stereocenters. The van der Waals surface area contributed by atoms with Gasteiger partial charge in [-0.2, -0.15) is 0 Å². The van der Waals surface area contributed by atoms with E-state index >= 15 is 0 Å². The topological polar surface area (TPSA) is 37.3 Å². The molecule has 21 heavy (non-hydrogen) atoms. The largest absolute Gasteiger partial charge is 0.478 e. The van der Waals surface area contributed by atoms with Crippen molar-refractivity contribution in [3.05, 3.63) is 71.8 Å². The van der Waals surface area contributed by atoms with Gasteiger partial charge in [0, 0.05) is 10.9 Å². The summed E-state index contributed by atoms with van der Waals surface area (Å²) in [5.41, 5.74) is 0.208. The first kappa shape index (κ1) is 13.2. The second-order valence-corrected chi connectivity index (χ2v) is 4.61. The predicted octanol–water partition coefficient (Wildman–Crippen LogP) is 4.48. The Morgan fingerprint density at radius 2 is 1.52 bits per heavy atom. The van der Waals surface area contributed by atoms with E-state index in [0.29, 0.717) is 16.3 Å². The van der Waals surface area contributed by atoms with Crippen LogP contribution in [0.1, 0.15) is 10.4 Å². The molecule has 0 aliphatic heterocycles. The van der Waals surface area contributed by atoms with Crippen molar-refractivity contribution in [2.24, 2.45) is 0 Å². The molecule has 2 nitrogen and oxygen atoms in total. The smallest absolute Gasteiger partial charge is 0.338 e. The summed E-state index contributed by atoms with van der Waals surface area (Å²) in [6.07, 6.45) is 0. The Balaban J connectivity index is 2.34. The van der Waals surface area contributed by atoms with Crippen LogP contribution in [0.25, 0.3) is 21.9 Å². The number of carbonyl (C=O) groups is 1. The summed E-state index contributed by atoms with van der Waals surface area (Å²) in [4.78, 5) is 11.0. The van der Waals surface area contributed by atoms with Crippen LogP contribution >= 0.6 is 0 Å². The molecule has 0 heterocycles. The highest BCUT2D eigenvalue weighted by Crippen LogP contribution is 2.32. The van der Waals surface area contributed by atoms with Gasteiger partial charge in [-0.15, -0.1) is 0 Å². The van der Waals surface area contributed by atoms with Crippen LogP contribution in [0, 0.1) is 11.6 Å². The van der Waals surface area contributed by atoms with Gasteiger partial charge in [-0.3, -0.25) is 0 Å². The third-order valence-electron chi connectivity index (χ3n) is 3.39. The third kappa shape index (κ3) is 2.14. The van der Waals surface area contributed by atoms with Gasteiger partial charge in [0.25, 0.3) is 0 Å². The number of aromatic carboxylic acids is 1. The summed E-state index contributed by atoms with van der Waals surface area (Å²) >= 11 is 0. The summed E-state index contributed by atoms with van der Waals surface area (Å²) in [6.45, 7) is 0. The Labute approximate surface area is 119 Å². The number of carboxylic acids is 1. The van der Waals surface area contributed by atoms with E-state index < -0.39 is 23.2 Å². The van der Waals surface area contributed by atoms with Crippen LogP contribution in [0.2, 0.25) is 0 Å². The van der Waals surface area contributed by atoms with Crippen LogP contribution in [0.15, 0.2) is 54.6 Å². The van der Waals surface area contributed by atoms with Crippen molar-refractivity contribution in [2.75, 3.05) is 0 Å². The second-order valence-electron chi connectivity index (χ2n) is 4.61. The lowest BCUT2D eigenvalue weighted by molar-refractivity contribution is 0.0692. The Morgan fingerprint density at radius 1 is 0.810 bits per heavy atom. The Kier molecular flexibility index (Phi) is 3.14. The fourth-order valence-electron chi connectivity index (χ4n) is 2.40. The zero-order chi connectivity index (χ0) is 15.0. The van der Waals surface area contributed by atoms with E-state index in [1.54, 1.807) is 24.3 Å². The Hall–Kier alpha value is -2.75. The lowest BCUT2D eigenvalue weighted by Crippen LogP contribution is -2.01. The number of rotatable bonds is 2. The molecule has 0 aliphatic rings. The van der Waals surface area contributed by atoms with Crippen molar-refractivity contribution in [1.82, 2.24) is 0 Å². The van der Waals surface area contributed by atoms with Gasteiger partial charge in [0.05, 0.1) is 5.56 Å². The highest BCUT2D eigenvalue weighted by Gasteiger charge is 2.17. The quantitative estimate of drug-likeness (QED) is 0.753. The average Bonchev–Trinajstić information content (AvgIpc) is 2.48. The monoisotopic (exact) mass is 284 g/mol. The van der Waals surface area contributed by atoms with Crippen molar-refractivity contribution in [3.63, 3.8) is 0 Å². The van der Waals surface area contributed by atoms with Crippen LogP contribution in [0.3, 0.4) is 0 Å². The van der Waals surface area contributed by atoms with Gasteiger partial charge < -0.3 is 5.11 Å². The fraction of sp³-hybridized carbons (Fsp3) is 0. The first-order valence-corrected chi connectivity index (χ1v) is 6.29. The Morgan fingerprint density at radius 3 is 2.24 bits per heavy atom.